The molecular weight excluding hydrogens is 476 g/mol. The van der Waals surface area contributed by atoms with E-state index in [9.17, 15) is 9.90 Å². The number of aliphatic hydroxyl groups is 1. The zero-order chi connectivity index (χ0) is 28.8. The van der Waals surface area contributed by atoms with Crippen molar-refractivity contribution in [3.63, 3.8) is 0 Å². The number of nitrogens with two attached hydrogens (primary N) is 2. The SMILES string of the molecule is CC.CCC(N)=[NH+]C1CNC(=C(C)C)N2C[C@@H](NC(=O)c3cccc4c3CCCC4(C)C)[C@@H](O)C12C.CN. The molecule has 3 aliphatic rings. The van der Waals surface area contributed by atoms with E-state index in [0.29, 0.717) is 25.3 Å². The van der Waals surface area contributed by atoms with Crippen LogP contribution in [0.1, 0.15) is 96.1 Å². The van der Waals surface area contributed by atoms with Gasteiger partial charge in [-0.3, -0.25) is 15.5 Å². The molecule has 2 aliphatic heterocycles. The lowest BCUT2D eigenvalue weighted by atomic mass is 9.71. The molecule has 1 aromatic rings. The van der Waals surface area contributed by atoms with Crippen LogP contribution in [0.3, 0.4) is 0 Å². The molecule has 8 nitrogen and oxygen atoms in total. The average Bonchev–Trinajstić information content (AvgIpc) is 3.16. The van der Waals surface area contributed by atoms with Crippen LogP contribution in [0.15, 0.2) is 29.6 Å². The van der Waals surface area contributed by atoms with Gasteiger partial charge in [0.1, 0.15) is 23.5 Å². The monoisotopic (exact) mass is 529 g/mol. The minimum absolute atomic E-state index is 0.0729. The molecule has 2 saturated heterocycles. The Morgan fingerprint density at radius 3 is 2.50 bits per heavy atom. The van der Waals surface area contributed by atoms with Crippen molar-refractivity contribution in [2.75, 3.05) is 20.1 Å². The van der Waals surface area contributed by atoms with E-state index in [2.05, 4.69) is 66.9 Å². The van der Waals surface area contributed by atoms with Crippen molar-refractivity contribution in [3.05, 3.63) is 46.3 Å². The molecule has 1 amide bonds. The summed E-state index contributed by atoms with van der Waals surface area (Å²) in [7, 11) is 1.50. The molecule has 0 aromatic heterocycles. The molecule has 0 radical (unpaired) electrons. The lowest BCUT2D eigenvalue weighted by Gasteiger charge is -2.47. The van der Waals surface area contributed by atoms with Crippen molar-refractivity contribution in [3.8, 4) is 0 Å². The van der Waals surface area contributed by atoms with Gasteiger partial charge >= 0.3 is 0 Å². The Morgan fingerprint density at radius 1 is 1.24 bits per heavy atom. The Labute approximate surface area is 230 Å². The third kappa shape index (κ3) is 5.86. The number of hydrogen-bond donors (Lipinski definition) is 6. The number of carbonyl (C=O) groups excluding carboxylic acids is 1. The van der Waals surface area contributed by atoms with E-state index in [1.807, 2.05) is 32.9 Å². The van der Waals surface area contributed by atoms with Crippen molar-refractivity contribution in [2.24, 2.45) is 11.5 Å². The van der Waals surface area contributed by atoms with Gasteiger partial charge in [-0.2, -0.15) is 0 Å². The third-order valence-electron chi connectivity index (χ3n) is 8.30. The first-order valence-electron chi connectivity index (χ1n) is 14.3. The summed E-state index contributed by atoms with van der Waals surface area (Å²) >= 11 is 0. The van der Waals surface area contributed by atoms with Crippen LogP contribution in [0.25, 0.3) is 0 Å². The number of nitrogens with zero attached hydrogens (tertiary/aromatic N) is 1. The van der Waals surface area contributed by atoms with Gasteiger partial charge in [-0.15, -0.1) is 0 Å². The number of nitrogens with one attached hydrogen (secondary N) is 3. The van der Waals surface area contributed by atoms with Crippen LogP contribution >= 0.6 is 0 Å². The number of allylic oxidation sites excluding steroid dienone is 1. The topological polar surface area (TPSA) is 131 Å². The molecular formula is C30H53N6O2+. The van der Waals surface area contributed by atoms with Crippen LogP contribution in [0.2, 0.25) is 0 Å². The van der Waals surface area contributed by atoms with E-state index in [-0.39, 0.29) is 17.4 Å². The quantitative estimate of drug-likeness (QED) is 0.259. The highest BCUT2D eigenvalue weighted by Crippen LogP contribution is 2.39. The number of amides is 1. The molecule has 1 aromatic carbocycles. The Hall–Kier alpha value is -2.58. The molecule has 4 rings (SSSR count). The van der Waals surface area contributed by atoms with E-state index in [0.717, 1.165) is 41.8 Å². The molecule has 8 heteroatoms. The van der Waals surface area contributed by atoms with Gasteiger partial charge < -0.3 is 26.4 Å². The standard InChI is InChI=1S/C27H41N5O2.C2H6.CH5N/c1-7-22(28)31-21-14-29-24(16(2)3)32-15-20(23(33)27(21,32)6)30-25(34)18-10-8-12-19-17(18)11-9-13-26(19,4)5;2*1-2/h8,10,12,20-21,23,29,33H,7,9,11,13-15H2,1-6H3,(H2,28,31)(H,30,34);1-2H3;2H2,1H3/p+1/t20-,21?,23-,27?;;/m1../s1. The van der Waals surface area contributed by atoms with Gasteiger partial charge in [0.15, 0.2) is 0 Å². The molecule has 8 N–H and O–H groups in total. The summed E-state index contributed by atoms with van der Waals surface area (Å²) in [5.74, 6) is 1.62. The third-order valence-corrected chi connectivity index (χ3v) is 8.30. The van der Waals surface area contributed by atoms with Crippen molar-refractivity contribution in [1.82, 2.24) is 15.5 Å². The Kier molecular flexibility index (Phi) is 10.8. The van der Waals surface area contributed by atoms with Crippen molar-refractivity contribution >= 4 is 11.7 Å². The van der Waals surface area contributed by atoms with Crippen LogP contribution in [0.4, 0.5) is 0 Å². The normalized spacial score (nSPS) is 27.4. The fraction of sp³-hybridized carbons (Fsp3) is 0.667. The van der Waals surface area contributed by atoms with Crippen LogP contribution in [0.5, 0.6) is 0 Å². The van der Waals surface area contributed by atoms with E-state index >= 15 is 0 Å². The van der Waals surface area contributed by atoms with Gasteiger partial charge in [-0.25, -0.2) is 0 Å². The molecule has 2 unspecified atom stereocenters. The zero-order valence-electron chi connectivity index (χ0n) is 25.2. The van der Waals surface area contributed by atoms with E-state index in [1.54, 1.807) is 0 Å². The van der Waals surface area contributed by atoms with Gasteiger partial charge in [-0.05, 0) is 75.3 Å². The summed E-state index contributed by atoms with van der Waals surface area (Å²) < 4.78 is 0. The number of fused-ring (bicyclic) bond motifs is 2. The first kappa shape index (κ1) is 31.6. The summed E-state index contributed by atoms with van der Waals surface area (Å²) in [6.07, 6.45) is 3.09. The minimum Gasteiger partial charge on any atom is -0.388 e. The fourth-order valence-corrected chi connectivity index (χ4v) is 6.17. The van der Waals surface area contributed by atoms with Gasteiger partial charge in [0, 0.05) is 18.5 Å². The van der Waals surface area contributed by atoms with Crippen LogP contribution in [-0.4, -0.2) is 65.6 Å². The number of amidine groups is 1. The molecule has 0 bridgehead atoms. The second-order valence-electron chi connectivity index (χ2n) is 11.2. The molecule has 2 heterocycles. The van der Waals surface area contributed by atoms with Crippen LogP contribution in [-0.2, 0) is 11.8 Å². The first-order valence-corrected chi connectivity index (χ1v) is 14.3. The largest absolute Gasteiger partial charge is 0.388 e. The predicted molar refractivity (Wildman–Crippen MR) is 157 cm³/mol. The van der Waals surface area contributed by atoms with E-state index < -0.39 is 17.7 Å². The summed E-state index contributed by atoms with van der Waals surface area (Å²) in [6.45, 7) is 17.9. The smallest absolute Gasteiger partial charge is 0.251 e. The minimum atomic E-state index is -0.758. The van der Waals surface area contributed by atoms with Crippen LogP contribution < -0.4 is 27.1 Å². The van der Waals surface area contributed by atoms with Crippen molar-refractivity contribution in [1.29, 1.82) is 0 Å². The number of carbonyl (C=O) groups is 1. The van der Waals surface area contributed by atoms with E-state index in [4.69, 9.17) is 5.73 Å². The van der Waals surface area contributed by atoms with E-state index in [1.165, 1.54) is 12.6 Å². The number of rotatable bonds is 4. The maximum Gasteiger partial charge on any atom is 0.251 e. The Morgan fingerprint density at radius 2 is 1.89 bits per heavy atom. The highest BCUT2D eigenvalue weighted by atomic mass is 16.3. The number of hydrogen-bond acceptors (Lipinski definition) is 5. The lowest BCUT2D eigenvalue weighted by molar-refractivity contribution is -0.525. The van der Waals surface area contributed by atoms with Gasteiger partial charge in [0.25, 0.3) is 5.91 Å². The Balaban J connectivity index is 0.00000121. The van der Waals surface area contributed by atoms with Gasteiger partial charge in [0.05, 0.1) is 12.6 Å². The molecule has 0 spiro atoms. The number of benzene rings is 1. The molecule has 214 valence electrons. The fourth-order valence-electron chi connectivity index (χ4n) is 6.17. The highest BCUT2D eigenvalue weighted by Gasteiger charge is 2.59. The predicted octanol–water partition coefficient (Wildman–Crippen LogP) is 1.51. The van der Waals surface area contributed by atoms with Crippen molar-refractivity contribution in [2.45, 2.75) is 110 Å². The summed E-state index contributed by atoms with van der Waals surface area (Å²) in [5, 5.41) is 18.3. The summed E-state index contributed by atoms with van der Waals surface area (Å²) in [6, 6.07) is 5.58. The second-order valence-corrected chi connectivity index (χ2v) is 11.2. The average molecular weight is 530 g/mol. The maximum atomic E-state index is 13.6. The molecule has 38 heavy (non-hydrogen) atoms. The van der Waals surface area contributed by atoms with Crippen molar-refractivity contribution < 1.29 is 14.9 Å². The summed E-state index contributed by atoms with van der Waals surface area (Å²) in [4.78, 5) is 19.2. The van der Waals surface area contributed by atoms with Crippen LogP contribution in [0, 0.1) is 0 Å². The Bertz CT molecular complexity index is 1030. The molecule has 0 saturated carbocycles. The lowest BCUT2D eigenvalue weighted by Crippen LogP contribution is -2.92. The molecule has 2 fully saturated rings. The van der Waals surface area contributed by atoms with Gasteiger partial charge in [-0.1, -0.05) is 46.8 Å². The number of aliphatic hydroxyl groups excluding tert-OH is 1. The second kappa shape index (κ2) is 13.0. The zero-order valence-corrected chi connectivity index (χ0v) is 25.2. The summed E-state index contributed by atoms with van der Waals surface area (Å²) in [5.41, 5.74) is 14.4. The molecule has 1 aliphatic carbocycles. The highest BCUT2D eigenvalue weighted by molar-refractivity contribution is 5.96. The van der Waals surface area contributed by atoms with Gasteiger partial charge in [0.2, 0.25) is 5.84 Å². The molecule has 4 atom stereocenters. The first-order chi connectivity index (χ1) is 18.0. The maximum absolute atomic E-state index is 13.6.